The largest absolute Gasteiger partial charge is 0.389 e. The van der Waals surface area contributed by atoms with Crippen LogP contribution in [0.1, 0.15) is 18.9 Å². The summed E-state index contributed by atoms with van der Waals surface area (Å²) in [6.45, 7) is 4.30. The molecule has 2 rings (SSSR count). The number of hydrogen-bond donors (Lipinski definition) is 3. The first-order valence-corrected chi connectivity index (χ1v) is 6.38. The Kier molecular flexibility index (Phi) is 4.71. The van der Waals surface area contributed by atoms with Crippen LogP contribution < -0.4 is 0 Å². The fourth-order valence-electron chi connectivity index (χ4n) is 2.33. The molecule has 3 atom stereocenters. The summed E-state index contributed by atoms with van der Waals surface area (Å²) in [6, 6.07) is -0.163. The molecule has 1 aliphatic rings. The SMILES string of the molecule is CCCN(Cc1cn[nH]c1)[C@@H]1COC[C@@H](O)[C@H]1O. The summed E-state index contributed by atoms with van der Waals surface area (Å²) in [6.07, 6.45) is 3.05. The first-order chi connectivity index (χ1) is 8.72. The van der Waals surface area contributed by atoms with Crippen LogP contribution in [0.4, 0.5) is 0 Å². The fraction of sp³-hybridized carbons (Fsp3) is 0.750. The molecule has 1 aromatic rings. The summed E-state index contributed by atoms with van der Waals surface area (Å²) in [5.41, 5.74) is 1.07. The third-order valence-corrected chi connectivity index (χ3v) is 3.29. The smallest absolute Gasteiger partial charge is 0.105 e. The Bertz CT molecular complexity index is 344. The Balaban J connectivity index is 2.03. The molecule has 0 radical (unpaired) electrons. The minimum absolute atomic E-state index is 0.163. The Morgan fingerprint density at radius 3 is 3.00 bits per heavy atom. The Morgan fingerprint density at radius 1 is 1.50 bits per heavy atom. The predicted octanol–water partition coefficient (Wildman–Crippen LogP) is -0.258. The quantitative estimate of drug-likeness (QED) is 0.675. The van der Waals surface area contributed by atoms with Crippen molar-refractivity contribution in [3.05, 3.63) is 18.0 Å². The number of rotatable bonds is 5. The molecule has 0 bridgehead atoms. The van der Waals surface area contributed by atoms with Gasteiger partial charge in [0.2, 0.25) is 0 Å². The van der Waals surface area contributed by atoms with Crippen LogP contribution in [-0.2, 0) is 11.3 Å². The van der Waals surface area contributed by atoms with E-state index in [0.29, 0.717) is 13.2 Å². The second-order valence-electron chi connectivity index (χ2n) is 4.74. The third-order valence-electron chi connectivity index (χ3n) is 3.29. The number of nitrogens with one attached hydrogen (secondary N) is 1. The van der Waals surface area contributed by atoms with Crippen molar-refractivity contribution in [1.82, 2.24) is 15.1 Å². The van der Waals surface area contributed by atoms with E-state index in [1.54, 1.807) is 6.20 Å². The summed E-state index contributed by atoms with van der Waals surface area (Å²) in [4.78, 5) is 2.14. The molecule has 0 spiro atoms. The standard InChI is InChI=1S/C12H21N3O3/c1-2-3-15(6-9-4-13-14-5-9)10-7-18-8-11(16)12(10)17/h4-5,10-12,16-17H,2-3,6-8H2,1H3,(H,13,14)/t10-,11-,12+/m1/s1. The van der Waals surface area contributed by atoms with Crippen LogP contribution >= 0.6 is 0 Å². The highest BCUT2D eigenvalue weighted by atomic mass is 16.5. The number of hydrogen-bond acceptors (Lipinski definition) is 5. The van der Waals surface area contributed by atoms with Crippen LogP contribution in [0.3, 0.4) is 0 Å². The maximum atomic E-state index is 10.1. The number of H-pyrrole nitrogens is 1. The van der Waals surface area contributed by atoms with Gasteiger partial charge < -0.3 is 14.9 Å². The van der Waals surface area contributed by atoms with Gasteiger partial charge in [0, 0.05) is 18.3 Å². The molecule has 3 N–H and O–H groups in total. The van der Waals surface area contributed by atoms with E-state index in [-0.39, 0.29) is 12.6 Å². The second kappa shape index (κ2) is 6.29. The summed E-state index contributed by atoms with van der Waals surface area (Å²) in [5.74, 6) is 0. The number of nitrogens with zero attached hydrogens (tertiary/aromatic N) is 2. The summed E-state index contributed by atoms with van der Waals surface area (Å²) in [5, 5.41) is 26.4. The van der Waals surface area contributed by atoms with Gasteiger partial charge in [-0.2, -0.15) is 5.10 Å². The molecule has 0 amide bonds. The fourth-order valence-corrected chi connectivity index (χ4v) is 2.33. The van der Waals surface area contributed by atoms with Crippen LogP contribution in [0.2, 0.25) is 0 Å². The van der Waals surface area contributed by atoms with E-state index in [2.05, 4.69) is 22.0 Å². The molecule has 0 aliphatic carbocycles. The highest BCUT2D eigenvalue weighted by Gasteiger charge is 2.35. The molecule has 18 heavy (non-hydrogen) atoms. The summed E-state index contributed by atoms with van der Waals surface area (Å²) < 4.78 is 5.34. The van der Waals surface area contributed by atoms with Crippen LogP contribution in [-0.4, -0.2) is 63.3 Å². The lowest BCUT2D eigenvalue weighted by Gasteiger charge is -2.39. The van der Waals surface area contributed by atoms with E-state index < -0.39 is 12.2 Å². The van der Waals surface area contributed by atoms with Crippen molar-refractivity contribution < 1.29 is 14.9 Å². The predicted molar refractivity (Wildman–Crippen MR) is 65.9 cm³/mol. The molecule has 1 fully saturated rings. The Morgan fingerprint density at radius 2 is 2.33 bits per heavy atom. The van der Waals surface area contributed by atoms with Gasteiger partial charge >= 0.3 is 0 Å². The van der Waals surface area contributed by atoms with Gasteiger partial charge in [-0.25, -0.2) is 0 Å². The van der Waals surface area contributed by atoms with Crippen molar-refractivity contribution in [2.24, 2.45) is 0 Å². The minimum atomic E-state index is -0.799. The van der Waals surface area contributed by atoms with Crippen molar-refractivity contribution in [1.29, 1.82) is 0 Å². The Hall–Kier alpha value is -0.950. The van der Waals surface area contributed by atoms with Crippen LogP contribution in [0.5, 0.6) is 0 Å². The van der Waals surface area contributed by atoms with Gasteiger partial charge in [0.25, 0.3) is 0 Å². The zero-order chi connectivity index (χ0) is 13.0. The van der Waals surface area contributed by atoms with Crippen LogP contribution in [0.25, 0.3) is 0 Å². The lowest BCUT2D eigenvalue weighted by atomic mass is 10.0. The third kappa shape index (κ3) is 3.08. The number of ether oxygens (including phenoxy) is 1. The molecule has 0 aromatic carbocycles. The van der Waals surface area contributed by atoms with E-state index in [1.165, 1.54) is 0 Å². The minimum Gasteiger partial charge on any atom is -0.389 e. The normalized spacial score (nSPS) is 28.8. The lowest BCUT2D eigenvalue weighted by molar-refractivity contribution is -0.134. The van der Waals surface area contributed by atoms with Crippen molar-refractivity contribution in [2.45, 2.75) is 38.1 Å². The number of aliphatic hydroxyl groups is 2. The monoisotopic (exact) mass is 255 g/mol. The van der Waals surface area contributed by atoms with E-state index in [4.69, 9.17) is 4.74 Å². The van der Waals surface area contributed by atoms with E-state index in [1.807, 2.05) is 6.20 Å². The van der Waals surface area contributed by atoms with Crippen LogP contribution in [0.15, 0.2) is 12.4 Å². The summed E-state index contributed by atoms with van der Waals surface area (Å²) >= 11 is 0. The molecular formula is C12H21N3O3. The first-order valence-electron chi connectivity index (χ1n) is 6.38. The Labute approximate surface area is 107 Å². The van der Waals surface area contributed by atoms with Gasteiger partial charge in [-0.1, -0.05) is 6.92 Å². The molecule has 0 unspecified atom stereocenters. The average Bonchev–Trinajstić information content (AvgIpc) is 2.85. The van der Waals surface area contributed by atoms with Crippen LogP contribution in [0, 0.1) is 0 Å². The average molecular weight is 255 g/mol. The van der Waals surface area contributed by atoms with Gasteiger partial charge in [-0.05, 0) is 13.0 Å². The molecule has 1 aliphatic heterocycles. The highest BCUT2D eigenvalue weighted by molar-refractivity contribution is 5.03. The maximum absolute atomic E-state index is 10.1. The maximum Gasteiger partial charge on any atom is 0.105 e. The summed E-state index contributed by atoms with van der Waals surface area (Å²) in [7, 11) is 0. The van der Waals surface area contributed by atoms with Crippen molar-refractivity contribution in [3.63, 3.8) is 0 Å². The van der Waals surface area contributed by atoms with Crippen molar-refractivity contribution >= 4 is 0 Å². The van der Waals surface area contributed by atoms with Gasteiger partial charge in [0.05, 0.1) is 31.6 Å². The number of aromatic amines is 1. The first kappa shape index (κ1) is 13.5. The molecule has 2 heterocycles. The highest BCUT2D eigenvalue weighted by Crippen LogP contribution is 2.17. The van der Waals surface area contributed by atoms with Crippen molar-refractivity contribution in [3.8, 4) is 0 Å². The van der Waals surface area contributed by atoms with Gasteiger partial charge in [0.15, 0.2) is 0 Å². The van der Waals surface area contributed by atoms with Crippen molar-refractivity contribution in [2.75, 3.05) is 19.8 Å². The second-order valence-corrected chi connectivity index (χ2v) is 4.74. The topological polar surface area (TPSA) is 81.6 Å². The zero-order valence-electron chi connectivity index (χ0n) is 10.6. The molecule has 6 nitrogen and oxygen atoms in total. The molecule has 1 saturated heterocycles. The molecular weight excluding hydrogens is 234 g/mol. The lowest BCUT2D eigenvalue weighted by Crippen LogP contribution is -2.55. The number of aromatic nitrogens is 2. The molecule has 1 aromatic heterocycles. The van der Waals surface area contributed by atoms with E-state index in [0.717, 1.165) is 18.5 Å². The van der Waals surface area contributed by atoms with Gasteiger partial charge in [-0.3, -0.25) is 10.00 Å². The van der Waals surface area contributed by atoms with Gasteiger partial charge in [0.1, 0.15) is 6.10 Å². The van der Waals surface area contributed by atoms with E-state index >= 15 is 0 Å². The molecule has 0 saturated carbocycles. The number of aliphatic hydroxyl groups excluding tert-OH is 2. The van der Waals surface area contributed by atoms with E-state index in [9.17, 15) is 10.2 Å². The molecule has 6 heteroatoms. The molecule has 102 valence electrons. The zero-order valence-corrected chi connectivity index (χ0v) is 10.6. The van der Waals surface area contributed by atoms with Gasteiger partial charge in [-0.15, -0.1) is 0 Å².